The van der Waals surface area contributed by atoms with Crippen LogP contribution in [0.15, 0.2) is 42.5 Å². The third kappa shape index (κ3) is 4.81. The van der Waals surface area contributed by atoms with Gasteiger partial charge in [-0.2, -0.15) is 0 Å². The Balaban J connectivity index is 1.73. The summed E-state index contributed by atoms with van der Waals surface area (Å²) >= 11 is 0. The molecule has 166 valence electrons. The average Bonchev–Trinajstić information content (AvgIpc) is 3.04. The van der Waals surface area contributed by atoms with E-state index >= 15 is 0 Å². The molecule has 2 unspecified atom stereocenters. The summed E-state index contributed by atoms with van der Waals surface area (Å²) in [4.78, 5) is 4.97. The first kappa shape index (κ1) is 21.5. The van der Waals surface area contributed by atoms with Gasteiger partial charge in [-0.05, 0) is 80.8 Å². The standard InChI is InChI=1S/C26H35N3O2/c1-17(2)31-21-9-7-19(8-10-21)27-25-28-23-12-11-22(30-6)14-24(23)29(25)20-13-18(3)15-26(4,5)16-20/h7-12,14,17-18,20H,13,15-16H2,1-6H3,(H,27,28). The lowest BCUT2D eigenvalue weighted by Gasteiger charge is -2.40. The molecule has 1 aromatic heterocycles. The number of rotatable bonds is 6. The molecule has 1 saturated carbocycles. The minimum Gasteiger partial charge on any atom is -0.497 e. The maximum atomic E-state index is 5.78. The smallest absolute Gasteiger partial charge is 0.208 e. The molecule has 5 nitrogen and oxygen atoms in total. The van der Waals surface area contributed by atoms with Gasteiger partial charge in [0.25, 0.3) is 0 Å². The van der Waals surface area contributed by atoms with Crippen molar-refractivity contribution in [3.63, 3.8) is 0 Å². The van der Waals surface area contributed by atoms with Gasteiger partial charge < -0.3 is 19.4 Å². The van der Waals surface area contributed by atoms with E-state index < -0.39 is 0 Å². The maximum Gasteiger partial charge on any atom is 0.208 e. The van der Waals surface area contributed by atoms with E-state index in [1.165, 1.54) is 6.42 Å². The molecule has 3 aromatic rings. The lowest BCUT2D eigenvalue weighted by molar-refractivity contribution is 0.140. The lowest BCUT2D eigenvalue weighted by atomic mass is 9.70. The summed E-state index contributed by atoms with van der Waals surface area (Å²) in [7, 11) is 1.72. The zero-order valence-corrected chi connectivity index (χ0v) is 19.6. The number of imidazole rings is 1. The first-order valence-electron chi connectivity index (χ1n) is 11.3. The highest BCUT2D eigenvalue weighted by Gasteiger charge is 2.34. The SMILES string of the molecule is COc1ccc2nc(Nc3ccc(OC(C)C)cc3)n(C3CC(C)CC(C)(C)C3)c2c1. The monoisotopic (exact) mass is 421 g/mol. The van der Waals surface area contributed by atoms with E-state index in [2.05, 4.69) is 48.9 Å². The molecular weight excluding hydrogens is 386 g/mol. The van der Waals surface area contributed by atoms with E-state index in [4.69, 9.17) is 14.5 Å². The predicted molar refractivity (Wildman–Crippen MR) is 128 cm³/mol. The minimum absolute atomic E-state index is 0.162. The van der Waals surface area contributed by atoms with Gasteiger partial charge in [0.2, 0.25) is 5.95 Å². The summed E-state index contributed by atoms with van der Waals surface area (Å²) < 4.78 is 13.7. The van der Waals surface area contributed by atoms with Crippen molar-refractivity contribution in [3.05, 3.63) is 42.5 Å². The van der Waals surface area contributed by atoms with Crippen molar-refractivity contribution < 1.29 is 9.47 Å². The second-order valence-corrected chi connectivity index (χ2v) is 10.0. The van der Waals surface area contributed by atoms with Crippen molar-refractivity contribution in [3.8, 4) is 11.5 Å². The molecule has 4 rings (SSSR count). The van der Waals surface area contributed by atoms with Gasteiger partial charge in [-0.25, -0.2) is 4.98 Å². The van der Waals surface area contributed by atoms with Gasteiger partial charge in [0.15, 0.2) is 0 Å². The van der Waals surface area contributed by atoms with Crippen LogP contribution in [0.1, 0.15) is 59.9 Å². The summed E-state index contributed by atoms with van der Waals surface area (Å²) in [5.74, 6) is 3.30. The Labute approximate surface area is 185 Å². The Morgan fingerprint density at radius 3 is 2.42 bits per heavy atom. The van der Waals surface area contributed by atoms with Crippen LogP contribution in [0.4, 0.5) is 11.6 Å². The van der Waals surface area contributed by atoms with Crippen LogP contribution in [-0.4, -0.2) is 22.8 Å². The van der Waals surface area contributed by atoms with Gasteiger partial charge in [0, 0.05) is 17.8 Å². The van der Waals surface area contributed by atoms with Crippen LogP contribution in [0.25, 0.3) is 11.0 Å². The molecule has 0 spiro atoms. The number of aromatic nitrogens is 2. The molecular formula is C26H35N3O2. The number of methoxy groups -OCH3 is 1. The van der Waals surface area contributed by atoms with Gasteiger partial charge >= 0.3 is 0 Å². The zero-order chi connectivity index (χ0) is 22.2. The largest absolute Gasteiger partial charge is 0.497 e. The topological polar surface area (TPSA) is 48.3 Å². The second kappa shape index (κ2) is 8.45. The Hall–Kier alpha value is -2.69. The van der Waals surface area contributed by atoms with Crippen molar-refractivity contribution in [2.24, 2.45) is 11.3 Å². The summed E-state index contributed by atoms with van der Waals surface area (Å²) in [5.41, 5.74) is 3.42. The minimum atomic E-state index is 0.162. The second-order valence-electron chi connectivity index (χ2n) is 10.0. The van der Waals surface area contributed by atoms with Gasteiger partial charge in [-0.3, -0.25) is 0 Å². The number of fused-ring (bicyclic) bond motifs is 1. The maximum absolute atomic E-state index is 5.78. The number of nitrogens with zero attached hydrogens (tertiary/aromatic N) is 2. The number of ether oxygens (including phenoxy) is 2. The molecule has 1 heterocycles. The normalized spacial score (nSPS) is 20.7. The van der Waals surface area contributed by atoms with Gasteiger partial charge in [-0.1, -0.05) is 20.8 Å². The van der Waals surface area contributed by atoms with Crippen molar-refractivity contribution in [2.75, 3.05) is 12.4 Å². The number of anilines is 2. The highest BCUT2D eigenvalue weighted by molar-refractivity contribution is 5.81. The Morgan fingerprint density at radius 2 is 1.77 bits per heavy atom. The number of benzene rings is 2. The van der Waals surface area contributed by atoms with E-state index in [1.807, 2.05) is 38.1 Å². The molecule has 1 N–H and O–H groups in total. The number of hydrogen-bond acceptors (Lipinski definition) is 4. The van der Waals surface area contributed by atoms with E-state index in [1.54, 1.807) is 7.11 Å². The van der Waals surface area contributed by atoms with Crippen molar-refractivity contribution in [1.29, 1.82) is 0 Å². The van der Waals surface area contributed by atoms with Crippen LogP contribution in [0.3, 0.4) is 0 Å². The Bertz CT molecular complexity index is 1040. The summed E-state index contributed by atoms with van der Waals surface area (Å²) in [6.45, 7) is 11.2. The Morgan fingerprint density at radius 1 is 1.06 bits per heavy atom. The van der Waals surface area contributed by atoms with E-state index in [0.29, 0.717) is 17.4 Å². The third-order valence-corrected chi connectivity index (χ3v) is 6.11. The first-order chi connectivity index (χ1) is 14.7. The molecule has 0 aliphatic heterocycles. The number of nitrogens with one attached hydrogen (secondary N) is 1. The third-order valence-electron chi connectivity index (χ3n) is 6.11. The van der Waals surface area contributed by atoms with Crippen LogP contribution < -0.4 is 14.8 Å². The number of hydrogen-bond donors (Lipinski definition) is 1. The van der Waals surface area contributed by atoms with Crippen LogP contribution in [0.5, 0.6) is 11.5 Å². The fraction of sp³-hybridized carbons (Fsp3) is 0.500. The lowest BCUT2D eigenvalue weighted by Crippen LogP contribution is -2.29. The van der Waals surface area contributed by atoms with Gasteiger partial charge in [0.05, 0.1) is 24.2 Å². The molecule has 5 heteroatoms. The van der Waals surface area contributed by atoms with E-state index in [9.17, 15) is 0 Å². The van der Waals surface area contributed by atoms with Crippen LogP contribution in [-0.2, 0) is 0 Å². The fourth-order valence-corrected chi connectivity index (χ4v) is 5.17. The molecule has 0 amide bonds. The average molecular weight is 422 g/mol. The Kier molecular flexibility index (Phi) is 5.87. The predicted octanol–water partition coefficient (Wildman–Crippen LogP) is 6.96. The summed E-state index contributed by atoms with van der Waals surface area (Å²) in [6, 6.07) is 14.6. The quantitative estimate of drug-likeness (QED) is 0.467. The fourth-order valence-electron chi connectivity index (χ4n) is 5.17. The summed E-state index contributed by atoms with van der Waals surface area (Å²) in [5, 5.41) is 3.57. The van der Waals surface area contributed by atoms with Crippen LogP contribution >= 0.6 is 0 Å². The molecule has 0 bridgehead atoms. The molecule has 2 atom stereocenters. The van der Waals surface area contributed by atoms with Gasteiger partial charge in [-0.15, -0.1) is 0 Å². The van der Waals surface area contributed by atoms with E-state index in [-0.39, 0.29) is 6.10 Å². The highest BCUT2D eigenvalue weighted by atomic mass is 16.5. The van der Waals surface area contributed by atoms with E-state index in [0.717, 1.165) is 47.0 Å². The zero-order valence-electron chi connectivity index (χ0n) is 19.6. The molecule has 1 fully saturated rings. The molecule has 1 aliphatic carbocycles. The molecule has 0 radical (unpaired) electrons. The van der Waals surface area contributed by atoms with Crippen LogP contribution in [0.2, 0.25) is 0 Å². The summed E-state index contributed by atoms with van der Waals surface area (Å²) in [6.07, 6.45) is 3.71. The molecule has 1 aliphatic rings. The van der Waals surface area contributed by atoms with Crippen molar-refractivity contribution >= 4 is 22.7 Å². The van der Waals surface area contributed by atoms with Crippen LogP contribution in [0, 0.1) is 11.3 Å². The molecule has 2 aromatic carbocycles. The molecule has 31 heavy (non-hydrogen) atoms. The first-order valence-corrected chi connectivity index (χ1v) is 11.3. The van der Waals surface area contributed by atoms with Gasteiger partial charge in [0.1, 0.15) is 11.5 Å². The van der Waals surface area contributed by atoms with Crippen molar-refractivity contribution in [1.82, 2.24) is 9.55 Å². The molecule has 0 saturated heterocycles. The highest BCUT2D eigenvalue weighted by Crippen LogP contribution is 2.46. The van der Waals surface area contributed by atoms with Crippen molar-refractivity contribution in [2.45, 2.75) is 66.0 Å².